The molecular formula is C5H10NO2. The third-order valence-corrected chi connectivity index (χ3v) is 0.584. The Bertz CT molecular complexity index is 80.5. The summed E-state index contributed by atoms with van der Waals surface area (Å²) in [5.41, 5.74) is 0. The molecule has 0 N–H and O–H groups in total. The summed E-state index contributed by atoms with van der Waals surface area (Å²) < 4.78 is 4.47. The molecule has 0 saturated carbocycles. The molecule has 3 heteroatoms. The van der Waals surface area contributed by atoms with Crippen molar-refractivity contribution in [3.05, 3.63) is 6.61 Å². The number of rotatable bonds is 1. The zero-order valence-electron chi connectivity index (χ0n) is 5.34. The zero-order chi connectivity index (χ0) is 6.57. The third-order valence-electron chi connectivity index (χ3n) is 0.584. The van der Waals surface area contributed by atoms with Gasteiger partial charge in [0.25, 0.3) is 0 Å². The molecule has 0 fully saturated rings. The first-order valence-corrected chi connectivity index (χ1v) is 2.34. The van der Waals surface area contributed by atoms with Crippen LogP contribution in [0.4, 0.5) is 4.79 Å². The van der Waals surface area contributed by atoms with E-state index in [4.69, 9.17) is 0 Å². The fraction of sp³-hybridized carbons (Fsp3) is 0.600. The zero-order valence-corrected chi connectivity index (χ0v) is 5.34. The number of amides is 1. The fourth-order valence-electron chi connectivity index (χ4n) is 0.206. The first-order valence-electron chi connectivity index (χ1n) is 2.34. The molecule has 0 saturated heterocycles. The molecule has 8 heavy (non-hydrogen) atoms. The summed E-state index contributed by atoms with van der Waals surface area (Å²) in [5, 5.41) is 0. The van der Waals surface area contributed by atoms with Crippen LogP contribution in [0.1, 0.15) is 6.92 Å². The summed E-state index contributed by atoms with van der Waals surface area (Å²) >= 11 is 0. The Morgan fingerprint density at radius 2 is 2.12 bits per heavy atom. The van der Waals surface area contributed by atoms with Crippen LogP contribution in [0, 0.1) is 6.61 Å². The summed E-state index contributed by atoms with van der Waals surface area (Å²) in [5.74, 6) is 0. The Balaban J connectivity index is 3.33. The van der Waals surface area contributed by atoms with Crippen molar-refractivity contribution in [1.29, 1.82) is 0 Å². The minimum atomic E-state index is -0.340. The molecule has 0 aromatic carbocycles. The van der Waals surface area contributed by atoms with E-state index >= 15 is 0 Å². The van der Waals surface area contributed by atoms with E-state index < -0.39 is 0 Å². The third kappa shape index (κ3) is 2.44. The highest BCUT2D eigenvalue weighted by Gasteiger charge is 2.00. The predicted molar refractivity (Wildman–Crippen MR) is 30.1 cm³/mol. The Morgan fingerprint density at radius 1 is 1.62 bits per heavy atom. The van der Waals surface area contributed by atoms with Crippen LogP contribution in [-0.2, 0) is 4.74 Å². The molecule has 3 nitrogen and oxygen atoms in total. The molecule has 0 unspecified atom stereocenters. The highest BCUT2D eigenvalue weighted by Crippen LogP contribution is 1.86. The van der Waals surface area contributed by atoms with Gasteiger partial charge in [-0.1, -0.05) is 0 Å². The fourth-order valence-corrected chi connectivity index (χ4v) is 0.206. The number of hydrogen-bond acceptors (Lipinski definition) is 2. The molecule has 0 spiro atoms. The van der Waals surface area contributed by atoms with E-state index in [1.807, 2.05) is 0 Å². The molecule has 0 aliphatic heterocycles. The maximum atomic E-state index is 10.4. The van der Waals surface area contributed by atoms with Crippen LogP contribution in [0.15, 0.2) is 0 Å². The van der Waals surface area contributed by atoms with Crippen LogP contribution in [0.2, 0.25) is 0 Å². The van der Waals surface area contributed by atoms with Gasteiger partial charge in [0.1, 0.15) is 6.61 Å². The van der Waals surface area contributed by atoms with Gasteiger partial charge in [-0.3, -0.25) is 0 Å². The van der Waals surface area contributed by atoms with E-state index in [1.54, 1.807) is 21.0 Å². The molecule has 0 aliphatic carbocycles. The Kier molecular flexibility index (Phi) is 2.99. The second-order valence-corrected chi connectivity index (χ2v) is 1.51. The number of carbonyl (C=O) groups is 1. The van der Waals surface area contributed by atoms with Crippen molar-refractivity contribution in [3.63, 3.8) is 0 Å². The van der Waals surface area contributed by atoms with Crippen molar-refractivity contribution < 1.29 is 9.53 Å². The van der Waals surface area contributed by atoms with Crippen LogP contribution in [0.25, 0.3) is 0 Å². The van der Waals surface area contributed by atoms with Gasteiger partial charge < -0.3 is 9.64 Å². The van der Waals surface area contributed by atoms with Crippen molar-refractivity contribution in [1.82, 2.24) is 4.90 Å². The maximum Gasteiger partial charge on any atom is 0.409 e. The topological polar surface area (TPSA) is 29.5 Å². The second-order valence-electron chi connectivity index (χ2n) is 1.51. The molecular weight excluding hydrogens is 106 g/mol. The van der Waals surface area contributed by atoms with Crippen molar-refractivity contribution >= 4 is 6.09 Å². The number of hydrogen-bond donors (Lipinski definition) is 0. The first kappa shape index (κ1) is 7.27. The number of ether oxygens (including phenoxy) is 1. The van der Waals surface area contributed by atoms with Crippen LogP contribution in [-0.4, -0.2) is 25.1 Å². The van der Waals surface area contributed by atoms with E-state index in [0.29, 0.717) is 0 Å². The van der Waals surface area contributed by atoms with Gasteiger partial charge in [-0.15, -0.1) is 0 Å². The Labute approximate surface area is 49.2 Å². The van der Waals surface area contributed by atoms with Gasteiger partial charge in [-0.2, -0.15) is 0 Å². The molecule has 1 radical (unpaired) electrons. The van der Waals surface area contributed by atoms with E-state index in [0.717, 1.165) is 0 Å². The van der Waals surface area contributed by atoms with Crippen molar-refractivity contribution in [2.45, 2.75) is 6.92 Å². The molecule has 0 rings (SSSR count). The van der Waals surface area contributed by atoms with Crippen LogP contribution in [0.5, 0.6) is 0 Å². The largest absolute Gasteiger partial charge is 0.442 e. The monoisotopic (exact) mass is 116 g/mol. The van der Waals surface area contributed by atoms with Gasteiger partial charge in [0.05, 0.1) is 0 Å². The molecule has 0 aromatic rings. The summed E-state index contributed by atoms with van der Waals surface area (Å²) in [7, 11) is 3.26. The molecule has 0 atom stereocenters. The van der Waals surface area contributed by atoms with Gasteiger partial charge in [0.15, 0.2) is 0 Å². The molecule has 0 aromatic heterocycles. The normalized spacial score (nSPS) is 8.38. The first-order chi connectivity index (χ1) is 3.68. The smallest absolute Gasteiger partial charge is 0.409 e. The van der Waals surface area contributed by atoms with E-state index in [1.165, 1.54) is 11.5 Å². The van der Waals surface area contributed by atoms with E-state index in [-0.39, 0.29) is 6.09 Å². The standard InChI is InChI=1S/C5H10NO2/c1-4-8-5(7)6(2)3/h4H,1-3H3. The van der Waals surface area contributed by atoms with Crippen molar-refractivity contribution in [2.75, 3.05) is 14.1 Å². The average molecular weight is 116 g/mol. The van der Waals surface area contributed by atoms with Gasteiger partial charge in [-0.05, 0) is 6.92 Å². The van der Waals surface area contributed by atoms with E-state index in [9.17, 15) is 4.79 Å². The molecule has 0 aliphatic rings. The molecule has 0 bridgehead atoms. The van der Waals surface area contributed by atoms with Gasteiger partial charge in [-0.25, -0.2) is 4.79 Å². The molecule has 1 amide bonds. The minimum absolute atomic E-state index is 0.340. The van der Waals surface area contributed by atoms with Gasteiger partial charge in [0, 0.05) is 14.1 Å². The number of carbonyl (C=O) groups excluding carboxylic acids is 1. The van der Waals surface area contributed by atoms with E-state index in [2.05, 4.69) is 4.74 Å². The quantitative estimate of drug-likeness (QED) is 0.508. The summed E-state index contributed by atoms with van der Waals surface area (Å²) in [4.78, 5) is 11.8. The lowest BCUT2D eigenvalue weighted by Crippen LogP contribution is -2.21. The lowest BCUT2D eigenvalue weighted by atomic mass is 10.8. The Hall–Kier alpha value is -0.730. The average Bonchev–Trinajstić information content (AvgIpc) is 1.67. The minimum Gasteiger partial charge on any atom is -0.442 e. The molecule has 47 valence electrons. The highest BCUT2D eigenvalue weighted by molar-refractivity contribution is 5.67. The Morgan fingerprint density at radius 3 is 2.25 bits per heavy atom. The summed E-state index contributed by atoms with van der Waals surface area (Å²) in [6.45, 7) is 3.00. The molecule has 0 heterocycles. The van der Waals surface area contributed by atoms with Crippen molar-refractivity contribution in [2.24, 2.45) is 0 Å². The predicted octanol–water partition coefficient (Wildman–Crippen LogP) is 0.866. The van der Waals surface area contributed by atoms with Crippen molar-refractivity contribution in [3.8, 4) is 0 Å². The SMILES string of the molecule is C[CH]OC(=O)N(C)C. The number of nitrogens with zero attached hydrogens (tertiary/aromatic N) is 1. The summed E-state index contributed by atoms with van der Waals surface area (Å²) in [6, 6.07) is 0. The maximum absolute atomic E-state index is 10.4. The highest BCUT2D eigenvalue weighted by atomic mass is 16.5. The van der Waals surface area contributed by atoms with Crippen LogP contribution in [0.3, 0.4) is 0 Å². The van der Waals surface area contributed by atoms with Gasteiger partial charge in [0.2, 0.25) is 0 Å². The lowest BCUT2D eigenvalue weighted by Gasteiger charge is -2.07. The van der Waals surface area contributed by atoms with Crippen LogP contribution < -0.4 is 0 Å². The second kappa shape index (κ2) is 3.29. The van der Waals surface area contributed by atoms with Crippen LogP contribution >= 0.6 is 0 Å². The lowest BCUT2D eigenvalue weighted by molar-refractivity contribution is 0.144. The van der Waals surface area contributed by atoms with Gasteiger partial charge >= 0.3 is 6.09 Å². The summed E-state index contributed by atoms with van der Waals surface area (Å²) in [6.07, 6.45) is -0.340.